The second-order valence-corrected chi connectivity index (χ2v) is 1.50. The maximum Gasteiger partial charge on any atom is 0.0266 e. The van der Waals surface area contributed by atoms with E-state index in [1.165, 1.54) is 0 Å². The zero-order chi connectivity index (χ0) is 5.70. The van der Waals surface area contributed by atoms with Gasteiger partial charge in [-0.15, -0.1) is 0 Å². The fourth-order valence-electron chi connectivity index (χ4n) is 0.286. The average Bonchev–Trinajstić information content (AvgIpc) is 1.61. The summed E-state index contributed by atoms with van der Waals surface area (Å²) in [5.41, 5.74) is 6.15. The van der Waals surface area contributed by atoms with Crippen LogP contribution in [-0.4, -0.2) is 13.1 Å². The van der Waals surface area contributed by atoms with Crippen LogP contribution in [0.2, 0.25) is 0 Å². The Morgan fingerprint density at radius 3 is 2.57 bits per heavy atom. The van der Waals surface area contributed by atoms with Crippen molar-refractivity contribution in [2.24, 2.45) is 5.73 Å². The van der Waals surface area contributed by atoms with Crippen molar-refractivity contribution in [1.29, 1.82) is 0 Å². The van der Waals surface area contributed by atoms with E-state index < -0.39 is 0 Å². The normalized spacial score (nSPS) is 8.29. The van der Waals surface area contributed by atoms with E-state index in [9.17, 15) is 0 Å². The van der Waals surface area contributed by atoms with Crippen LogP contribution in [-0.2, 0) is 0 Å². The molecule has 0 amide bonds. The molecule has 7 heavy (non-hydrogen) atoms. The lowest BCUT2D eigenvalue weighted by molar-refractivity contribution is 0.801. The van der Waals surface area contributed by atoms with E-state index in [1.54, 1.807) is 0 Å². The Labute approximate surface area is 44.4 Å². The fraction of sp³-hybridized carbons (Fsp3) is 0.600. The second-order valence-electron chi connectivity index (χ2n) is 1.50. The van der Waals surface area contributed by atoms with Gasteiger partial charge in [-0.05, 0) is 6.92 Å². The van der Waals surface area contributed by atoms with Crippen LogP contribution in [0, 0.1) is 0 Å². The minimum absolute atomic E-state index is 0.673. The first-order chi connectivity index (χ1) is 3.27. The number of allylic oxidation sites excluding steroid dienone is 1. The maximum absolute atomic E-state index is 5.17. The third-order valence-electron chi connectivity index (χ3n) is 0.571. The number of rotatable bonds is 3. The molecule has 2 nitrogen and oxygen atoms in total. The van der Waals surface area contributed by atoms with Gasteiger partial charge < -0.3 is 11.1 Å². The lowest BCUT2D eigenvalue weighted by Crippen LogP contribution is -2.19. The summed E-state index contributed by atoms with van der Waals surface area (Å²) in [6, 6.07) is 0. The molecule has 0 aliphatic rings. The fourth-order valence-corrected chi connectivity index (χ4v) is 0.286. The molecule has 0 heterocycles. The molecule has 0 radical (unpaired) electrons. The molecule has 0 aliphatic carbocycles. The number of hydrogen-bond donors (Lipinski definition) is 2. The summed E-state index contributed by atoms with van der Waals surface area (Å²) >= 11 is 0. The molecule has 42 valence electrons. The topological polar surface area (TPSA) is 38.0 Å². The Morgan fingerprint density at radius 2 is 2.43 bits per heavy atom. The zero-order valence-corrected chi connectivity index (χ0v) is 4.70. The first-order valence-electron chi connectivity index (χ1n) is 2.37. The Hall–Kier alpha value is -0.500. The minimum Gasteiger partial charge on any atom is -0.388 e. The number of nitrogens with two attached hydrogens (primary N) is 1. The lowest BCUT2D eigenvalue weighted by Gasteiger charge is -1.98. The smallest absolute Gasteiger partial charge is 0.0266 e. The highest BCUT2D eigenvalue weighted by Gasteiger charge is 1.76. The van der Waals surface area contributed by atoms with Gasteiger partial charge in [0.25, 0.3) is 0 Å². The van der Waals surface area contributed by atoms with Crippen LogP contribution in [0.5, 0.6) is 0 Å². The molecule has 0 saturated heterocycles. The summed E-state index contributed by atoms with van der Waals surface area (Å²) in [6.07, 6.45) is 0. The van der Waals surface area contributed by atoms with Gasteiger partial charge in [-0.2, -0.15) is 0 Å². The zero-order valence-electron chi connectivity index (χ0n) is 4.70. The molecular formula is C5H12N2. The van der Waals surface area contributed by atoms with Gasteiger partial charge in [-0.3, -0.25) is 0 Å². The predicted molar refractivity (Wildman–Crippen MR) is 31.9 cm³/mol. The van der Waals surface area contributed by atoms with Crippen LogP contribution in [0.1, 0.15) is 6.92 Å². The van der Waals surface area contributed by atoms with Crippen molar-refractivity contribution in [2.45, 2.75) is 6.92 Å². The van der Waals surface area contributed by atoms with Crippen molar-refractivity contribution in [3.8, 4) is 0 Å². The highest BCUT2D eigenvalue weighted by atomic mass is 14.9. The highest BCUT2D eigenvalue weighted by Crippen LogP contribution is 1.72. The number of hydrogen-bond acceptors (Lipinski definition) is 2. The van der Waals surface area contributed by atoms with Crippen LogP contribution in [0.15, 0.2) is 12.3 Å². The average molecular weight is 100 g/mol. The Bertz CT molecular complexity index is 59.1. The predicted octanol–water partition coefficient (Wildman–Crippen LogP) is 0.0683. The molecule has 2 heteroatoms. The summed E-state index contributed by atoms with van der Waals surface area (Å²) in [5.74, 6) is 0. The van der Waals surface area contributed by atoms with Gasteiger partial charge >= 0.3 is 0 Å². The van der Waals surface area contributed by atoms with Crippen molar-refractivity contribution < 1.29 is 0 Å². The van der Waals surface area contributed by atoms with Crippen LogP contribution in [0.4, 0.5) is 0 Å². The highest BCUT2D eigenvalue weighted by molar-refractivity contribution is 4.83. The lowest BCUT2D eigenvalue weighted by atomic mass is 10.5. The van der Waals surface area contributed by atoms with Gasteiger partial charge in [0.05, 0.1) is 0 Å². The second kappa shape index (κ2) is 3.68. The number of nitrogens with one attached hydrogen (secondary N) is 1. The van der Waals surface area contributed by atoms with Gasteiger partial charge in [-0.25, -0.2) is 0 Å². The third kappa shape index (κ3) is 5.50. The first kappa shape index (κ1) is 6.50. The van der Waals surface area contributed by atoms with Gasteiger partial charge in [0.1, 0.15) is 0 Å². The maximum atomic E-state index is 5.17. The van der Waals surface area contributed by atoms with Gasteiger partial charge in [0.15, 0.2) is 0 Å². The molecule has 0 unspecified atom stereocenters. The van der Waals surface area contributed by atoms with Crippen LogP contribution in [0.3, 0.4) is 0 Å². The summed E-state index contributed by atoms with van der Waals surface area (Å²) in [4.78, 5) is 0. The van der Waals surface area contributed by atoms with Crippen molar-refractivity contribution in [3.63, 3.8) is 0 Å². The van der Waals surface area contributed by atoms with Gasteiger partial charge in [0.2, 0.25) is 0 Å². The molecule has 0 saturated carbocycles. The van der Waals surface area contributed by atoms with E-state index in [1.807, 2.05) is 6.92 Å². The summed E-state index contributed by atoms with van der Waals surface area (Å²) < 4.78 is 0. The van der Waals surface area contributed by atoms with E-state index in [0.717, 1.165) is 12.2 Å². The molecule has 0 bridgehead atoms. The molecule has 0 rings (SSSR count). The standard InChI is InChI=1S/C5H12N2/c1-5(2)7-4-3-6/h7H,1,3-4,6H2,2H3. The first-order valence-corrected chi connectivity index (χ1v) is 2.37. The van der Waals surface area contributed by atoms with Gasteiger partial charge in [-0.1, -0.05) is 6.58 Å². The Balaban J connectivity index is 2.82. The van der Waals surface area contributed by atoms with E-state index in [4.69, 9.17) is 5.73 Å². The van der Waals surface area contributed by atoms with Crippen LogP contribution < -0.4 is 11.1 Å². The molecule has 0 spiro atoms. The molecule has 0 atom stereocenters. The summed E-state index contributed by atoms with van der Waals surface area (Å²) in [7, 11) is 0. The largest absolute Gasteiger partial charge is 0.388 e. The van der Waals surface area contributed by atoms with Crippen LogP contribution >= 0.6 is 0 Å². The molecule has 3 N–H and O–H groups in total. The SMILES string of the molecule is C=C(C)NCCN. The van der Waals surface area contributed by atoms with E-state index in [-0.39, 0.29) is 0 Å². The van der Waals surface area contributed by atoms with E-state index in [0.29, 0.717) is 6.54 Å². The summed E-state index contributed by atoms with van der Waals surface area (Å²) in [6.45, 7) is 7.04. The molecule has 0 aromatic rings. The summed E-state index contributed by atoms with van der Waals surface area (Å²) in [5, 5.41) is 2.98. The van der Waals surface area contributed by atoms with E-state index >= 15 is 0 Å². The minimum atomic E-state index is 0.673. The Kier molecular flexibility index (Phi) is 3.42. The molecule has 0 aromatic heterocycles. The molecule has 0 fully saturated rings. The van der Waals surface area contributed by atoms with Crippen LogP contribution in [0.25, 0.3) is 0 Å². The molecule has 0 aromatic carbocycles. The monoisotopic (exact) mass is 100 g/mol. The van der Waals surface area contributed by atoms with Crippen molar-refractivity contribution in [1.82, 2.24) is 5.32 Å². The molecular weight excluding hydrogens is 88.1 g/mol. The van der Waals surface area contributed by atoms with Crippen molar-refractivity contribution in [3.05, 3.63) is 12.3 Å². The Morgan fingerprint density at radius 1 is 1.86 bits per heavy atom. The quantitative estimate of drug-likeness (QED) is 0.526. The van der Waals surface area contributed by atoms with Crippen molar-refractivity contribution >= 4 is 0 Å². The third-order valence-corrected chi connectivity index (χ3v) is 0.571. The molecule has 0 aliphatic heterocycles. The van der Waals surface area contributed by atoms with Crippen molar-refractivity contribution in [2.75, 3.05) is 13.1 Å². The van der Waals surface area contributed by atoms with Gasteiger partial charge in [0, 0.05) is 18.8 Å². The van der Waals surface area contributed by atoms with E-state index in [2.05, 4.69) is 11.9 Å².